The van der Waals surface area contributed by atoms with Crippen molar-refractivity contribution in [3.8, 4) is 11.6 Å². The zero-order valence-electron chi connectivity index (χ0n) is 15.8. The fraction of sp³-hybridized carbons (Fsp3) is 0.100. The van der Waals surface area contributed by atoms with Gasteiger partial charge >= 0.3 is 5.69 Å². The number of thiocarbonyl (C=S) groups is 1. The lowest BCUT2D eigenvalue weighted by molar-refractivity contribution is 0.429. The van der Waals surface area contributed by atoms with E-state index in [0.717, 1.165) is 15.8 Å². The van der Waals surface area contributed by atoms with Crippen molar-refractivity contribution >= 4 is 28.7 Å². The average Bonchev–Trinajstić information content (AvgIpc) is 2.68. The van der Waals surface area contributed by atoms with Crippen LogP contribution in [0.3, 0.4) is 0 Å². The van der Waals surface area contributed by atoms with Gasteiger partial charge in [0.2, 0.25) is 5.88 Å². The Labute approximate surface area is 171 Å². The number of hydrazone groups is 1. The number of H-pyrrole nitrogens is 1. The fourth-order valence-corrected chi connectivity index (χ4v) is 2.82. The lowest BCUT2D eigenvalue weighted by Gasteiger charge is -2.12. The first kappa shape index (κ1) is 20.0. The van der Waals surface area contributed by atoms with Gasteiger partial charge in [0.1, 0.15) is 5.56 Å². The molecule has 0 aliphatic rings. The lowest BCUT2D eigenvalue weighted by Crippen LogP contribution is -2.33. The van der Waals surface area contributed by atoms with Gasteiger partial charge in [0.15, 0.2) is 5.11 Å². The molecule has 148 valence electrons. The van der Waals surface area contributed by atoms with Crippen molar-refractivity contribution < 1.29 is 5.11 Å². The van der Waals surface area contributed by atoms with E-state index >= 15 is 0 Å². The van der Waals surface area contributed by atoms with Crippen molar-refractivity contribution in [3.05, 3.63) is 86.6 Å². The molecule has 1 heterocycles. The number of rotatable bonds is 4. The van der Waals surface area contributed by atoms with Crippen molar-refractivity contribution in [3.63, 3.8) is 0 Å². The molecule has 0 atom stereocenters. The minimum absolute atomic E-state index is 0.139. The zero-order chi connectivity index (χ0) is 21.0. The average molecular weight is 409 g/mol. The van der Waals surface area contributed by atoms with E-state index < -0.39 is 17.1 Å². The molecule has 4 N–H and O–H groups in total. The highest BCUT2D eigenvalue weighted by Crippen LogP contribution is 2.17. The molecule has 9 heteroatoms. The molecule has 2 aromatic carbocycles. The first-order valence-electron chi connectivity index (χ1n) is 8.69. The van der Waals surface area contributed by atoms with Crippen LogP contribution in [-0.4, -0.2) is 25.5 Å². The Hall–Kier alpha value is -3.72. The summed E-state index contributed by atoms with van der Waals surface area (Å²) < 4.78 is 1.01. The van der Waals surface area contributed by atoms with Gasteiger partial charge in [-0.15, -0.1) is 0 Å². The summed E-state index contributed by atoms with van der Waals surface area (Å²) in [7, 11) is 0. The predicted octanol–water partition coefficient (Wildman–Crippen LogP) is 2.25. The molecule has 1 aromatic heterocycles. The minimum atomic E-state index is -0.749. The van der Waals surface area contributed by atoms with Gasteiger partial charge in [-0.2, -0.15) is 5.10 Å². The molecule has 0 bridgehead atoms. The molecule has 0 aliphatic carbocycles. The molecule has 0 spiro atoms. The molecule has 29 heavy (non-hydrogen) atoms. The molecule has 3 rings (SSSR count). The summed E-state index contributed by atoms with van der Waals surface area (Å²) in [5.74, 6) is -0.507. The maximum absolute atomic E-state index is 12.3. The second-order valence-electron chi connectivity index (χ2n) is 6.26. The number of para-hydroxylation sites is 1. The van der Waals surface area contributed by atoms with E-state index in [-0.39, 0.29) is 16.4 Å². The summed E-state index contributed by atoms with van der Waals surface area (Å²) in [4.78, 5) is 26.7. The van der Waals surface area contributed by atoms with Crippen LogP contribution in [0.1, 0.15) is 18.1 Å². The van der Waals surface area contributed by atoms with Crippen LogP contribution in [0.5, 0.6) is 5.88 Å². The van der Waals surface area contributed by atoms with Gasteiger partial charge in [-0.1, -0.05) is 35.9 Å². The highest BCUT2D eigenvalue weighted by atomic mass is 32.1. The largest absolute Gasteiger partial charge is 0.493 e. The number of anilines is 1. The number of aromatic hydroxyl groups is 1. The van der Waals surface area contributed by atoms with E-state index in [1.165, 1.54) is 6.92 Å². The maximum atomic E-state index is 12.3. The molecule has 3 aromatic rings. The third-order valence-electron chi connectivity index (χ3n) is 4.10. The minimum Gasteiger partial charge on any atom is -0.493 e. The van der Waals surface area contributed by atoms with Gasteiger partial charge in [-0.25, -0.2) is 9.36 Å². The maximum Gasteiger partial charge on any atom is 0.335 e. The van der Waals surface area contributed by atoms with Crippen LogP contribution in [0.4, 0.5) is 5.69 Å². The van der Waals surface area contributed by atoms with Gasteiger partial charge < -0.3 is 10.4 Å². The van der Waals surface area contributed by atoms with Crippen LogP contribution in [-0.2, 0) is 0 Å². The molecular formula is C20H19N5O3S. The molecule has 0 unspecified atom stereocenters. The number of nitrogens with zero attached hydrogens (tertiary/aromatic N) is 2. The van der Waals surface area contributed by atoms with Crippen LogP contribution in [0.2, 0.25) is 0 Å². The second kappa shape index (κ2) is 8.53. The van der Waals surface area contributed by atoms with Gasteiger partial charge in [-0.3, -0.25) is 15.2 Å². The smallest absolute Gasteiger partial charge is 0.335 e. The summed E-state index contributed by atoms with van der Waals surface area (Å²) in [5, 5.41) is 17.8. The highest BCUT2D eigenvalue weighted by Gasteiger charge is 2.18. The number of hydrogen-bond donors (Lipinski definition) is 4. The molecule has 0 aliphatic heterocycles. The molecule has 0 radical (unpaired) electrons. The van der Waals surface area contributed by atoms with Crippen molar-refractivity contribution in [2.45, 2.75) is 13.8 Å². The van der Waals surface area contributed by atoms with E-state index in [2.05, 4.69) is 20.8 Å². The standard InChI is InChI=1S/C20H19N5O3S/c1-12-8-10-15(11-9-12)25-18(27)16(17(26)22-20(25)28)13(2)23-24-19(29)21-14-6-4-3-5-7-14/h3-11,27H,1-2H3,(H2,21,24,29)(H,22,26,28)/b23-13+. The van der Waals surface area contributed by atoms with Gasteiger partial charge in [0.25, 0.3) is 5.56 Å². The Balaban J connectivity index is 1.91. The van der Waals surface area contributed by atoms with E-state index in [9.17, 15) is 14.7 Å². The normalized spacial score (nSPS) is 11.2. The Kier molecular flexibility index (Phi) is 5.89. The fourth-order valence-electron chi connectivity index (χ4n) is 2.66. The van der Waals surface area contributed by atoms with E-state index in [1.54, 1.807) is 24.3 Å². The monoisotopic (exact) mass is 409 g/mol. The van der Waals surface area contributed by atoms with Crippen LogP contribution in [0.25, 0.3) is 5.69 Å². The number of aromatic nitrogens is 2. The predicted molar refractivity (Wildman–Crippen MR) is 117 cm³/mol. The van der Waals surface area contributed by atoms with Crippen molar-refractivity contribution in [1.29, 1.82) is 0 Å². The van der Waals surface area contributed by atoms with E-state index in [0.29, 0.717) is 5.69 Å². The highest BCUT2D eigenvalue weighted by molar-refractivity contribution is 7.80. The molecule has 0 fully saturated rings. The molecular weight excluding hydrogens is 390 g/mol. The third kappa shape index (κ3) is 4.58. The number of hydrogen-bond acceptors (Lipinski definition) is 5. The van der Waals surface area contributed by atoms with Crippen LogP contribution < -0.4 is 22.0 Å². The van der Waals surface area contributed by atoms with E-state index in [1.807, 2.05) is 37.3 Å². The van der Waals surface area contributed by atoms with Crippen molar-refractivity contribution in [1.82, 2.24) is 15.0 Å². The lowest BCUT2D eigenvalue weighted by atomic mass is 10.2. The van der Waals surface area contributed by atoms with Crippen LogP contribution >= 0.6 is 12.2 Å². The summed E-state index contributed by atoms with van der Waals surface area (Å²) in [5.41, 5.74) is 3.32. The summed E-state index contributed by atoms with van der Waals surface area (Å²) in [6.07, 6.45) is 0. The summed E-state index contributed by atoms with van der Waals surface area (Å²) in [6.45, 7) is 3.42. The Morgan fingerprint density at radius 3 is 2.41 bits per heavy atom. The van der Waals surface area contributed by atoms with Crippen LogP contribution in [0.15, 0.2) is 69.3 Å². The number of benzene rings is 2. The molecule has 0 amide bonds. The molecule has 0 saturated heterocycles. The second-order valence-corrected chi connectivity index (χ2v) is 6.67. The Morgan fingerprint density at radius 1 is 1.10 bits per heavy atom. The Morgan fingerprint density at radius 2 is 1.76 bits per heavy atom. The quantitative estimate of drug-likeness (QED) is 0.299. The number of aryl methyl sites for hydroxylation is 1. The van der Waals surface area contributed by atoms with Crippen molar-refractivity contribution in [2.75, 3.05) is 5.32 Å². The topological polar surface area (TPSA) is 112 Å². The van der Waals surface area contributed by atoms with Crippen molar-refractivity contribution in [2.24, 2.45) is 5.10 Å². The molecule has 0 saturated carbocycles. The van der Waals surface area contributed by atoms with Gasteiger partial charge in [0.05, 0.1) is 11.4 Å². The summed E-state index contributed by atoms with van der Waals surface area (Å²) >= 11 is 5.17. The molecule has 8 nitrogen and oxygen atoms in total. The number of aromatic amines is 1. The summed E-state index contributed by atoms with van der Waals surface area (Å²) in [6, 6.07) is 16.2. The third-order valence-corrected chi connectivity index (χ3v) is 4.29. The zero-order valence-corrected chi connectivity index (χ0v) is 16.6. The first-order valence-corrected chi connectivity index (χ1v) is 9.09. The van der Waals surface area contributed by atoms with Gasteiger partial charge in [0, 0.05) is 5.69 Å². The van der Waals surface area contributed by atoms with E-state index in [4.69, 9.17) is 12.2 Å². The van der Waals surface area contributed by atoms with Crippen LogP contribution in [0, 0.1) is 6.92 Å². The Bertz CT molecular complexity index is 1180. The van der Waals surface area contributed by atoms with Gasteiger partial charge in [-0.05, 0) is 50.3 Å². The SMILES string of the molecule is C/C(=N\NC(=S)Nc1ccccc1)c1c(O)n(-c2ccc(C)cc2)c(=O)[nH]c1=O. The number of nitrogens with one attached hydrogen (secondary N) is 3. The first-order chi connectivity index (χ1) is 13.9.